The Balaban J connectivity index is 1.45. The highest BCUT2D eigenvalue weighted by atomic mass is 79.9. The van der Waals surface area contributed by atoms with Crippen LogP contribution in [0, 0.1) is 18.8 Å². The van der Waals surface area contributed by atoms with Crippen molar-refractivity contribution in [3.63, 3.8) is 0 Å². The maximum atomic E-state index is 14.1. The van der Waals surface area contributed by atoms with E-state index in [4.69, 9.17) is 21.1 Å². The zero-order valence-electron chi connectivity index (χ0n) is 23.1. The van der Waals surface area contributed by atoms with E-state index in [9.17, 15) is 19.5 Å². The van der Waals surface area contributed by atoms with Crippen LogP contribution in [0.2, 0.25) is 5.02 Å². The number of fused-ring (bicyclic) bond motifs is 1. The van der Waals surface area contributed by atoms with E-state index in [-0.39, 0.29) is 23.2 Å². The molecule has 3 N–H and O–H groups in total. The number of unbranched alkanes of at least 4 members (excludes halogenated alkanes) is 2. The maximum absolute atomic E-state index is 14.1. The first kappa shape index (κ1) is 29.8. The summed E-state index contributed by atoms with van der Waals surface area (Å²) >= 11 is 10.1. The van der Waals surface area contributed by atoms with Crippen LogP contribution in [-0.2, 0) is 19.1 Å². The fourth-order valence-electron chi connectivity index (χ4n) is 6.55. The first-order valence-corrected chi connectivity index (χ1v) is 15.3. The van der Waals surface area contributed by atoms with Gasteiger partial charge in [0.25, 0.3) is 0 Å². The van der Waals surface area contributed by atoms with Gasteiger partial charge in [-0.25, -0.2) is 0 Å². The summed E-state index contributed by atoms with van der Waals surface area (Å²) in [6.45, 7) is 4.65. The fourth-order valence-corrected chi connectivity index (χ4v) is 7.76. The van der Waals surface area contributed by atoms with Gasteiger partial charge in [0.15, 0.2) is 0 Å². The number of nitrogens with zero attached hydrogens (tertiary/aromatic N) is 1. The van der Waals surface area contributed by atoms with Gasteiger partial charge in [0, 0.05) is 23.7 Å². The minimum Gasteiger partial charge on any atom is -0.494 e. The molecule has 2 aromatic rings. The molecule has 3 amide bonds. The van der Waals surface area contributed by atoms with E-state index in [1.807, 2.05) is 19.9 Å². The summed E-state index contributed by atoms with van der Waals surface area (Å²) in [4.78, 5) is 43.2. The molecule has 3 fully saturated rings. The highest BCUT2D eigenvalue weighted by molar-refractivity contribution is 9.09. The Kier molecular flexibility index (Phi) is 8.94. The number of carbonyl (C=O) groups excluding carboxylic acids is 3. The van der Waals surface area contributed by atoms with E-state index in [0.717, 1.165) is 5.56 Å². The molecule has 0 saturated carbocycles. The second-order valence-electron chi connectivity index (χ2n) is 10.8. The first-order chi connectivity index (χ1) is 19.7. The number of anilines is 2. The summed E-state index contributed by atoms with van der Waals surface area (Å²) in [6, 6.07) is 11.5. The molecule has 1 spiro atoms. The van der Waals surface area contributed by atoms with Gasteiger partial charge in [-0.1, -0.05) is 39.7 Å². The Labute approximate surface area is 253 Å². The van der Waals surface area contributed by atoms with Crippen molar-refractivity contribution in [3.8, 4) is 5.75 Å². The lowest BCUT2D eigenvalue weighted by atomic mass is 9.70. The number of amides is 3. The van der Waals surface area contributed by atoms with E-state index >= 15 is 0 Å². The van der Waals surface area contributed by atoms with Crippen molar-refractivity contribution in [2.75, 3.05) is 30.4 Å². The van der Waals surface area contributed by atoms with Gasteiger partial charge in [-0.15, -0.1) is 0 Å². The third kappa shape index (κ3) is 5.47. The van der Waals surface area contributed by atoms with Crippen molar-refractivity contribution in [3.05, 3.63) is 53.1 Å². The summed E-state index contributed by atoms with van der Waals surface area (Å²) < 4.78 is 12.0. The van der Waals surface area contributed by atoms with Crippen LogP contribution in [0.1, 0.15) is 38.2 Å². The van der Waals surface area contributed by atoms with Crippen LogP contribution in [0.4, 0.5) is 11.4 Å². The quantitative estimate of drug-likeness (QED) is 0.244. The van der Waals surface area contributed by atoms with E-state index < -0.39 is 35.5 Å². The second kappa shape index (κ2) is 12.3. The normalized spacial score (nSPS) is 28.1. The molecule has 5 rings (SSSR count). The smallest absolute Gasteiger partial charge is 0.250 e. The van der Waals surface area contributed by atoms with Gasteiger partial charge < -0.3 is 30.1 Å². The lowest BCUT2D eigenvalue weighted by Gasteiger charge is -2.34. The summed E-state index contributed by atoms with van der Waals surface area (Å²) in [7, 11) is 0. The van der Waals surface area contributed by atoms with E-state index in [1.165, 1.54) is 0 Å². The number of aliphatic hydroxyl groups is 1. The van der Waals surface area contributed by atoms with Crippen LogP contribution >= 0.6 is 27.5 Å². The van der Waals surface area contributed by atoms with Gasteiger partial charge in [-0.2, -0.15) is 0 Å². The molecule has 6 atom stereocenters. The number of hydrogen-bond donors (Lipinski definition) is 3. The molecule has 41 heavy (non-hydrogen) atoms. The number of aliphatic hydroxyl groups excluding tert-OH is 1. The number of nitrogens with one attached hydrogen (secondary N) is 2. The van der Waals surface area contributed by atoms with E-state index in [0.29, 0.717) is 61.0 Å². The molecule has 3 aliphatic rings. The topological polar surface area (TPSA) is 117 Å². The second-order valence-corrected chi connectivity index (χ2v) is 12.4. The average molecular weight is 649 g/mol. The Morgan fingerprint density at radius 1 is 1.15 bits per heavy atom. The largest absolute Gasteiger partial charge is 0.494 e. The number of rotatable bonds is 11. The predicted molar refractivity (Wildman–Crippen MR) is 159 cm³/mol. The number of likely N-dealkylation sites (tertiary alicyclic amines) is 1. The number of aryl methyl sites for hydroxylation is 1. The number of ether oxygens (including phenoxy) is 2. The van der Waals surface area contributed by atoms with Crippen LogP contribution in [0.5, 0.6) is 5.75 Å². The standard InChI is InChI=1S/C30H35BrClN3O6/c1-3-40-19-12-10-18(11-13-19)33-27(37)22-23-29(39)35(14-5-4-6-15-36)26(30(23)16-20(31)25(22)41-30)28(38)34-24-17(2)8-7-9-21(24)32/h7-13,20,22-23,25-26,36H,3-6,14-16H2,1-2H3,(H,33,37)(H,34,38)/t20?,22-,23+,25-,26?,30?/m1/s1. The van der Waals surface area contributed by atoms with Crippen molar-refractivity contribution >= 4 is 56.6 Å². The lowest BCUT2D eigenvalue weighted by molar-refractivity contribution is -0.139. The van der Waals surface area contributed by atoms with E-state index in [2.05, 4.69) is 26.6 Å². The van der Waals surface area contributed by atoms with Crippen LogP contribution in [0.15, 0.2) is 42.5 Å². The number of para-hydroxylation sites is 1. The summed E-state index contributed by atoms with van der Waals surface area (Å²) in [5, 5.41) is 15.5. The molecule has 3 unspecified atom stereocenters. The molecule has 3 saturated heterocycles. The summed E-state index contributed by atoms with van der Waals surface area (Å²) in [5.74, 6) is -1.90. The highest BCUT2D eigenvalue weighted by Gasteiger charge is 2.76. The van der Waals surface area contributed by atoms with Crippen molar-refractivity contribution in [2.24, 2.45) is 11.8 Å². The molecule has 220 valence electrons. The molecule has 2 aromatic carbocycles. The van der Waals surface area contributed by atoms with Gasteiger partial charge in [-0.3, -0.25) is 14.4 Å². The molecule has 0 aromatic heterocycles. The third-order valence-corrected chi connectivity index (χ3v) is 9.46. The average Bonchev–Trinajstić information content (AvgIpc) is 3.53. The molecule has 9 nitrogen and oxygen atoms in total. The molecule has 3 aliphatic heterocycles. The lowest BCUT2D eigenvalue weighted by Crippen LogP contribution is -2.54. The van der Waals surface area contributed by atoms with Gasteiger partial charge in [0.1, 0.15) is 17.4 Å². The summed E-state index contributed by atoms with van der Waals surface area (Å²) in [5.41, 5.74) is 0.685. The van der Waals surface area contributed by atoms with Crippen LogP contribution < -0.4 is 15.4 Å². The van der Waals surface area contributed by atoms with Crippen molar-refractivity contribution in [1.82, 2.24) is 4.90 Å². The number of halogens is 2. The van der Waals surface area contributed by atoms with E-state index in [1.54, 1.807) is 41.3 Å². The molecule has 11 heteroatoms. The van der Waals surface area contributed by atoms with Gasteiger partial charge in [0.05, 0.1) is 35.3 Å². The van der Waals surface area contributed by atoms with Crippen molar-refractivity contribution in [2.45, 2.75) is 62.1 Å². The van der Waals surface area contributed by atoms with Crippen molar-refractivity contribution in [1.29, 1.82) is 0 Å². The Hall–Kier alpha value is -2.66. The number of benzene rings is 2. The highest BCUT2D eigenvalue weighted by Crippen LogP contribution is 2.60. The predicted octanol–water partition coefficient (Wildman–Crippen LogP) is 4.53. The van der Waals surface area contributed by atoms with Crippen LogP contribution in [0.25, 0.3) is 0 Å². The molecular formula is C30H35BrClN3O6. The SMILES string of the molecule is CCOc1ccc(NC(=O)[C@H]2[C@@H]3OC4(CC3Br)C(C(=O)Nc3c(C)cccc3Cl)N(CCCCCO)C(=O)[C@H]24)cc1. The third-order valence-electron chi connectivity index (χ3n) is 8.30. The minimum absolute atomic E-state index is 0.0556. The van der Waals surface area contributed by atoms with Crippen LogP contribution in [-0.4, -0.2) is 70.1 Å². The zero-order chi connectivity index (χ0) is 29.3. The zero-order valence-corrected chi connectivity index (χ0v) is 25.4. The molecule has 0 aliphatic carbocycles. The van der Waals surface area contributed by atoms with Crippen LogP contribution in [0.3, 0.4) is 0 Å². The van der Waals surface area contributed by atoms with Gasteiger partial charge in [-0.05, 0) is 75.4 Å². The molecule has 3 heterocycles. The minimum atomic E-state index is -1.17. The summed E-state index contributed by atoms with van der Waals surface area (Å²) in [6.07, 6.45) is 1.74. The van der Waals surface area contributed by atoms with Gasteiger partial charge in [0.2, 0.25) is 17.7 Å². The Bertz CT molecular complexity index is 1290. The Morgan fingerprint density at radius 2 is 1.90 bits per heavy atom. The number of hydrogen-bond acceptors (Lipinski definition) is 6. The first-order valence-electron chi connectivity index (χ1n) is 14.0. The fraction of sp³-hybridized carbons (Fsp3) is 0.500. The number of alkyl halides is 1. The maximum Gasteiger partial charge on any atom is 0.250 e. The monoisotopic (exact) mass is 647 g/mol. The molecular weight excluding hydrogens is 614 g/mol. The van der Waals surface area contributed by atoms with Crippen molar-refractivity contribution < 1.29 is 29.0 Å². The Morgan fingerprint density at radius 3 is 2.59 bits per heavy atom. The molecule has 0 radical (unpaired) electrons. The van der Waals surface area contributed by atoms with Gasteiger partial charge >= 0.3 is 0 Å². The number of carbonyl (C=O) groups is 3. The molecule has 2 bridgehead atoms.